The summed E-state index contributed by atoms with van der Waals surface area (Å²) in [6.45, 7) is 6.14. The molecule has 0 spiro atoms. The third-order valence-corrected chi connectivity index (χ3v) is 5.45. The van der Waals surface area contributed by atoms with Crippen LogP contribution in [0.25, 0.3) is 11.0 Å². The number of fused-ring (bicyclic) bond motifs is 1. The Morgan fingerprint density at radius 3 is 2.23 bits per heavy atom. The second-order valence-corrected chi connectivity index (χ2v) is 8.73. The third kappa shape index (κ3) is 3.30. The van der Waals surface area contributed by atoms with Crippen molar-refractivity contribution >= 4 is 32.6 Å². The Morgan fingerprint density at radius 1 is 1.04 bits per heavy atom. The topological polar surface area (TPSA) is 102 Å². The molecule has 3 N–H and O–H groups in total. The Kier molecular flexibility index (Phi) is 4.28. The Balaban J connectivity index is 2.04. The zero-order valence-electron chi connectivity index (χ0n) is 14.7. The highest BCUT2D eigenvalue weighted by atomic mass is 32.2. The number of benzene rings is 2. The molecule has 0 bridgehead atoms. The van der Waals surface area contributed by atoms with E-state index in [4.69, 9.17) is 10.2 Å². The summed E-state index contributed by atoms with van der Waals surface area (Å²) in [4.78, 5) is 11.8. The first-order valence-electron chi connectivity index (χ1n) is 8.04. The average Bonchev–Trinajstić information content (AvgIpc) is 2.93. The molecule has 2 aromatic carbocycles. The van der Waals surface area contributed by atoms with Crippen LogP contribution in [0.5, 0.6) is 0 Å². The number of hydrogen-bond donors (Lipinski definition) is 2. The van der Waals surface area contributed by atoms with E-state index in [1.165, 1.54) is 12.1 Å². The van der Waals surface area contributed by atoms with Crippen molar-refractivity contribution in [2.45, 2.75) is 31.1 Å². The van der Waals surface area contributed by atoms with Crippen LogP contribution in [0, 0.1) is 0 Å². The van der Waals surface area contributed by atoms with Crippen LogP contribution in [-0.4, -0.2) is 14.3 Å². The molecule has 1 heterocycles. The van der Waals surface area contributed by atoms with Crippen LogP contribution in [0.15, 0.2) is 57.8 Å². The average molecular weight is 372 g/mol. The quantitative estimate of drug-likeness (QED) is 0.730. The van der Waals surface area contributed by atoms with Gasteiger partial charge in [-0.3, -0.25) is 9.52 Å². The Bertz CT molecular complexity index is 1070. The molecule has 0 aliphatic carbocycles. The summed E-state index contributed by atoms with van der Waals surface area (Å²) in [5, 5.41) is 0.469. The normalized spacial score (nSPS) is 12.3. The number of anilines is 1. The second kappa shape index (κ2) is 6.17. The number of nitrogens with one attached hydrogen (secondary N) is 1. The molecule has 26 heavy (non-hydrogen) atoms. The lowest BCUT2D eigenvalue weighted by molar-refractivity contribution is 0.0977. The van der Waals surface area contributed by atoms with Crippen molar-refractivity contribution in [3.63, 3.8) is 0 Å². The molecule has 3 aromatic rings. The highest BCUT2D eigenvalue weighted by Gasteiger charge is 2.24. The van der Waals surface area contributed by atoms with Gasteiger partial charge in [0, 0.05) is 5.39 Å². The van der Waals surface area contributed by atoms with Gasteiger partial charge < -0.3 is 10.2 Å². The monoisotopic (exact) mass is 372 g/mol. The summed E-state index contributed by atoms with van der Waals surface area (Å²) in [6.07, 6.45) is 0. The lowest BCUT2D eigenvalue weighted by Gasteiger charge is -2.19. The van der Waals surface area contributed by atoms with Crippen molar-refractivity contribution in [2.24, 2.45) is 5.73 Å². The molecule has 0 aliphatic heterocycles. The van der Waals surface area contributed by atoms with Gasteiger partial charge >= 0.3 is 0 Å². The van der Waals surface area contributed by atoms with Gasteiger partial charge in [-0.25, -0.2) is 8.42 Å². The van der Waals surface area contributed by atoms with Gasteiger partial charge in [-0.05, 0) is 35.2 Å². The summed E-state index contributed by atoms with van der Waals surface area (Å²) in [5.41, 5.74) is 6.69. The summed E-state index contributed by atoms with van der Waals surface area (Å²) in [7, 11) is -3.91. The van der Waals surface area contributed by atoms with Crippen LogP contribution < -0.4 is 10.5 Å². The number of sulfonamides is 1. The molecule has 0 saturated carbocycles. The van der Waals surface area contributed by atoms with Crippen molar-refractivity contribution in [1.29, 1.82) is 0 Å². The van der Waals surface area contributed by atoms with Crippen LogP contribution in [0.1, 0.15) is 36.9 Å². The van der Waals surface area contributed by atoms with Gasteiger partial charge in [-0.15, -0.1) is 0 Å². The second-order valence-electron chi connectivity index (χ2n) is 7.05. The lowest BCUT2D eigenvalue weighted by atomic mass is 9.87. The van der Waals surface area contributed by atoms with Crippen LogP contribution in [0.4, 0.5) is 5.69 Å². The van der Waals surface area contributed by atoms with Crippen molar-refractivity contribution in [1.82, 2.24) is 0 Å². The molecule has 3 rings (SSSR count). The predicted octanol–water partition coefficient (Wildman–Crippen LogP) is 3.63. The number of hydrogen-bond acceptors (Lipinski definition) is 4. The largest absolute Gasteiger partial charge is 0.449 e. The van der Waals surface area contributed by atoms with Crippen LogP contribution >= 0.6 is 0 Å². The van der Waals surface area contributed by atoms with E-state index < -0.39 is 15.9 Å². The molecule has 0 fully saturated rings. The van der Waals surface area contributed by atoms with Gasteiger partial charge in [0.25, 0.3) is 15.9 Å². The van der Waals surface area contributed by atoms with Crippen molar-refractivity contribution in [3.05, 3.63) is 59.9 Å². The fraction of sp³-hybridized carbons (Fsp3) is 0.211. The zero-order chi connectivity index (χ0) is 19.1. The molecular formula is C19H20N2O4S. The number of furan rings is 1. The predicted molar refractivity (Wildman–Crippen MR) is 101 cm³/mol. The molecule has 1 amide bonds. The van der Waals surface area contributed by atoms with E-state index in [1.807, 2.05) is 20.8 Å². The number of primary amides is 1. The minimum absolute atomic E-state index is 0.0491. The maximum atomic E-state index is 12.8. The number of para-hydroxylation sites is 1. The smallest absolute Gasteiger partial charge is 0.286 e. The molecule has 0 radical (unpaired) electrons. The van der Waals surface area contributed by atoms with Gasteiger partial charge in [0.05, 0.1) is 4.90 Å². The van der Waals surface area contributed by atoms with Crippen molar-refractivity contribution in [2.75, 3.05) is 4.72 Å². The fourth-order valence-electron chi connectivity index (χ4n) is 2.65. The first-order chi connectivity index (χ1) is 12.1. The van der Waals surface area contributed by atoms with Crippen LogP contribution in [0.3, 0.4) is 0 Å². The SMILES string of the molecule is CC(C)(C)c1ccc(S(=O)(=O)Nc2c(C(N)=O)oc3ccccc23)cc1. The summed E-state index contributed by atoms with van der Waals surface area (Å²) < 4.78 is 33.4. The van der Waals surface area contributed by atoms with Crippen LogP contribution in [0.2, 0.25) is 0 Å². The third-order valence-electron chi connectivity index (χ3n) is 4.09. The molecule has 0 unspecified atom stereocenters. The van der Waals surface area contributed by atoms with E-state index in [0.717, 1.165) is 5.56 Å². The summed E-state index contributed by atoms with van der Waals surface area (Å²) in [5.74, 6) is -1.07. The zero-order valence-corrected chi connectivity index (χ0v) is 15.6. The van der Waals surface area contributed by atoms with Gasteiger partial charge in [0.2, 0.25) is 5.76 Å². The molecule has 7 heteroatoms. The highest BCUT2D eigenvalue weighted by Crippen LogP contribution is 2.32. The summed E-state index contributed by atoms with van der Waals surface area (Å²) in [6, 6.07) is 13.4. The molecule has 136 valence electrons. The first-order valence-corrected chi connectivity index (χ1v) is 9.52. The Labute approximate surface area is 152 Å². The van der Waals surface area contributed by atoms with Crippen LogP contribution in [-0.2, 0) is 15.4 Å². The fourth-order valence-corrected chi connectivity index (χ4v) is 3.73. The van der Waals surface area contributed by atoms with E-state index in [0.29, 0.717) is 11.0 Å². The molecule has 0 atom stereocenters. The van der Waals surface area contributed by atoms with E-state index in [9.17, 15) is 13.2 Å². The van der Waals surface area contributed by atoms with Gasteiger partial charge in [-0.1, -0.05) is 45.0 Å². The van der Waals surface area contributed by atoms with E-state index in [-0.39, 0.29) is 21.8 Å². The van der Waals surface area contributed by atoms with E-state index >= 15 is 0 Å². The molecule has 0 aliphatic rings. The molecule has 0 saturated heterocycles. The number of nitrogens with two attached hydrogens (primary N) is 1. The van der Waals surface area contributed by atoms with Crippen molar-refractivity contribution < 1.29 is 17.6 Å². The maximum absolute atomic E-state index is 12.8. The highest BCUT2D eigenvalue weighted by molar-refractivity contribution is 7.92. The number of carbonyl (C=O) groups is 1. The lowest BCUT2D eigenvalue weighted by Crippen LogP contribution is -2.18. The summed E-state index contributed by atoms with van der Waals surface area (Å²) >= 11 is 0. The number of carbonyl (C=O) groups excluding carboxylic acids is 1. The molecule has 1 aromatic heterocycles. The first kappa shape index (κ1) is 18.0. The van der Waals surface area contributed by atoms with Crippen molar-refractivity contribution in [3.8, 4) is 0 Å². The molecular weight excluding hydrogens is 352 g/mol. The molecule has 6 nitrogen and oxygen atoms in total. The van der Waals surface area contributed by atoms with Gasteiger partial charge in [-0.2, -0.15) is 0 Å². The minimum atomic E-state index is -3.91. The number of rotatable bonds is 4. The minimum Gasteiger partial charge on any atom is -0.449 e. The maximum Gasteiger partial charge on any atom is 0.286 e. The van der Waals surface area contributed by atoms with E-state index in [1.54, 1.807) is 36.4 Å². The van der Waals surface area contributed by atoms with E-state index in [2.05, 4.69) is 4.72 Å². The van der Waals surface area contributed by atoms with Gasteiger partial charge in [0.15, 0.2) is 0 Å². The number of amides is 1. The Hall–Kier alpha value is -2.80. The Morgan fingerprint density at radius 2 is 1.65 bits per heavy atom. The van der Waals surface area contributed by atoms with Gasteiger partial charge in [0.1, 0.15) is 11.3 Å². The standard InChI is InChI=1S/C19H20N2O4S/c1-19(2,3)12-8-10-13(11-9-12)26(23,24)21-16-14-6-4-5-7-15(14)25-17(16)18(20)22/h4-11,21H,1-3H3,(H2,20,22).